The van der Waals surface area contributed by atoms with E-state index in [1.54, 1.807) is 18.7 Å². The van der Waals surface area contributed by atoms with E-state index in [2.05, 4.69) is 43.3 Å². The van der Waals surface area contributed by atoms with Crippen LogP contribution in [-0.2, 0) is 11.2 Å². The molecule has 0 radical (unpaired) electrons. The van der Waals surface area contributed by atoms with E-state index in [-0.39, 0.29) is 5.78 Å². The Labute approximate surface area is 247 Å². The van der Waals surface area contributed by atoms with Gasteiger partial charge in [0.25, 0.3) is 0 Å². The molecule has 0 saturated heterocycles. The predicted octanol–water partition coefficient (Wildman–Crippen LogP) is 9.72. The van der Waals surface area contributed by atoms with E-state index in [4.69, 9.17) is 4.74 Å². The predicted molar refractivity (Wildman–Crippen MR) is 167 cm³/mol. The van der Waals surface area contributed by atoms with E-state index in [9.17, 15) is 15.3 Å². The Bertz CT molecular complexity index is 1640. The van der Waals surface area contributed by atoms with Crippen molar-refractivity contribution in [3.8, 4) is 34.8 Å². The molecule has 0 atom stereocenters. The Morgan fingerprint density at radius 1 is 0.951 bits per heavy atom. The molecule has 0 aliphatic heterocycles. The summed E-state index contributed by atoms with van der Waals surface area (Å²) in [4.78, 5) is 12.6. The average molecular weight is 559 g/mol. The van der Waals surface area contributed by atoms with Gasteiger partial charge >= 0.3 is 0 Å². The second-order valence-corrected chi connectivity index (χ2v) is 12.1. The van der Waals surface area contributed by atoms with Gasteiger partial charge < -0.3 is 9.53 Å². The summed E-state index contributed by atoms with van der Waals surface area (Å²) in [6, 6.07) is 27.0. The molecular formula is C36H34N2O2S. The lowest BCUT2D eigenvalue weighted by molar-refractivity contribution is -0.116. The molecule has 4 nitrogen and oxygen atoms in total. The highest BCUT2D eigenvalue weighted by atomic mass is 32.2. The SMILES string of the molecule is CCSc1ccc(-c2c(C#N)c(C#N)cc3cc(C4CCCCC4)cc(Oc4ccc(CCC(C)=O)cc4)c23)cc1. The van der Waals surface area contributed by atoms with Gasteiger partial charge in [0.1, 0.15) is 29.4 Å². The van der Waals surface area contributed by atoms with Gasteiger partial charge in [0.15, 0.2) is 0 Å². The number of rotatable bonds is 9. The monoisotopic (exact) mass is 558 g/mol. The molecule has 1 aliphatic carbocycles. The summed E-state index contributed by atoms with van der Waals surface area (Å²) in [7, 11) is 0. The van der Waals surface area contributed by atoms with Crippen LogP contribution >= 0.6 is 11.8 Å². The number of aryl methyl sites for hydroxylation is 1. The van der Waals surface area contributed by atoms with Crippen molar-refractivity contribution >= 4 is 28.3 Å². The van der Waals surface area contributed by atoms with Crippen LogP contribution in [0.5, 0.6) is 11.5 Å². The summed E-state index contributed by atoms with van der Waals surface area (Å²) in [6.07, 6.45) is 7.20. The number of nitriles is 2. The number of hydrogen-bond acceptors (Lipinski definition) is 5. The Balaban J connectivity index is 1.69. The summed E-state index contributed by atoms with van der Waals surface area (Å²) in [5.74, 6) is 2.99. The van der Waals surface area contributed by atoms with Crippen molar-refractivity contribution in [2.45, 2.75) is 69.6 Å². The van der Waals surface area contributed by atoms with Crippen LogP contribution in [0.3, 0.4) is 0 Å². The van der Waals surface area contributed by atoms with E-state index in [1.165, 1.54) is 24.8 Å². The third-order valence-corrected chi connectivity index (χ3v) is 8.80. The van der Waals surface area contributed by atoms with Crippen LogP contribution < -0.4 is 4.74 Å². The van der Waals surface area contributed by atoms with Crippen LogP contribution in [0.25, 0.3) is 21.9 Å². The molecule has 1 aliphatic rings. The molecule has 0 unspecified atom stereocenters. The summed E-state index contributed by atoms with van der Waals surface area (Å²) < 4.78 is 6.64. The molecule has 4 aromatic carbocycles. The highest BCUT2D eigenvalue weighted by molar-refractivity contribution is 7.99. The van der Waals surface area contributed by atoms with E-state index < -0.39 is 0 Å². The first-order valence-electron chi connectivity index (χ1n) is 14.4. The van der Waals surface area contributed by atoms with Crippen LogP contribution in [-0.4, -0.2) is 11.5 Å². The summed E-state index contributed by atoms with van der Waals surface area (Å²) in [5, 5.41) is 22.1. The number of Topliss-reactive ketones (excluding diaryl/α,β-unsaturated/α-hetero) is 1. The number of carbonyl (C=O) groups excluding carboxylic acids is 1. The highest BCUT2D eigenvalue weighted by Crippen LogP contribution is 2.45. The Morgan fingerprint density at radius 2 is 1.68 bits per heavy atom. The van der Waals surface area contributed by atoms with Gasteiger partial charge in [-0.25, -0.2) is 0 Å². The quantitative estimate of drug-likeness (QED) is 0.191. The van der Waals surface area contributed by atoms with Gasteiger partial charge in [-0.3, -0.25) is 0 Å². The fourth-order valence-electron chi connectivity index (χ4n) is 5.83. The maximum atomic E-state index is 11.4. The molecule has 41 heavy (non-hydrogen) atoms. The molecule has 0 amide bonds. The second-order valence-electron chi connectivity index (χ2n) is 10.8. The van der Waals surface area contributed by atoms with Gasteiger partial charge in [0, 0.05) is 22.3 Å². The van der Waals surface area contributed by atoms with Gasteiger partial charge in [0.05, 0.1) is 11.1 Å². The number of hydrogen-bond donors (Lipinski definition) is 0. The molecule has 206 valence electrons. The fraction of sp³-hybridized carbons (Fsp3) is 0.306. The minimum absolute atomic E-state index is 0.176. The number of carbonyl (C=O) groups is 1. The van der Waals surface area contributed by atoms with Crippen molar-refractivity contribution in [3.05, 3.63) is 89.0 Å². The molecule has 0 aromatic heterocycles. The average Bonchev–Trinajstić information content (AvgIpc) is 3.00. The molecule has 0 spiro atoms. The van der Waals surface area contributed by atoms with Crippen molar-refractivity contribution in [1.29, 1.82) is 10.5 Å². The zero-order valence-corrected chi connectivity index (χ0v) is 24.5. The lowest BCUT2D eigenvalue weighted by atomic mass is 9.82. The highest BCUT2D eigenvalue weighted by Gasteiger charge is 2.23. The summed E-state index contributed by atoms with van der Waals surface area (Å²) in [6.45, 7) is 3.74. The fourth-order valence-corrected chi connectivity index (χ4v) is 6.49. The largest absolute Gasteiger partial charge is 0.457 e. The lowest BCUT2D eigenvalue weighted by Crippen LogP contribution is -2.05. The number of nitrogens with zero attached hydrogens (tertiary/aromatic N) is 2. The second kappa shape index (κ2) is 13.1. The molecule has 1 saturated carbocycles. The van der Waals surface area contributed by atoms with Gasteiger partial charge in [-0.15, -0.1) is 11.8 Å². The van der Waals surface area contributed by atoms with Crippen LogP contribution in [0.4, 0.5) is 0 Å². The number of ether oxygens (including phenoxy) is 1. The maximum absolute atomic E-state index is 11.4. The summed E-state index contributed by atoms with van der Waals surface area (Å²) in [5.41, 5.74) is 4.68. The van der Waals surface area contributed by atoms with Gasteiger partial charge in [-0.1, -0.05) is 56.5 Å². The zero-order valence-electron chi connectivity index (χ0n) is 23.7. The first-order valence-corrected chi connectivity index (χ1v) is 15.4. The number of fused-ring (bicyclic) bond motifs is 1. The first-order chi connectivity index (χ1) is 20.0. The third kappa shape index (κ3) is 6.48. The molecule has 5 heteroatoms. The number of benzene rings is 4. The van der Waals surface area contributed by atoms with E-state index in [0.29, 0.717) is 41.4 Å². The molecular weight excluding hydrogens is 524 g/mol. The molecule has 0 bridgehead atoms. The van der Waals surface area contributed by atoms with E-state index in [1.807, 2.05) is 42.5 Å². The summed E-state index contributed by atoms with van der Waals surface area (Å²) >= 11 is 1.77. The molecule has 4 aromatic rings. The molecule has 0 N–H and O–H groups in total. The molecule has 1 fully saturated rings. The zero-order chi connectivity index (χ0) is 28.8. The van der Waals surface area contributed by atoms with Crippen molar-refractivity contribution in [2.75, 3.05) is 5.75 Å². The third-order valence-electron chi connectivity index (χ3n) is 7.90. The smallest absolute Gasteiger partial charge is 0.136 e. The van der Waals surface area contributed by atoms with Crippen LogP contribution in [0.1, 0.15) is 80.5 Å². The van der Waals surface area contributed by atoms with Crippen LogP contribution in [0, 0.1) is 22.7 Å². The molecule has 0 heterocycles. The van der Waals surface area contributed by atoms with Gasteiger partial charge in [-0.05, 0) is 96.3 Å². The van der Waals surface area contributed by atoms with Gasteiger partial charge in [-0.2, -0.15) is 10.5 Å². The Kier molecular flexibility index (Phi) is 9.07. The van der Waals surface area contributed by atoms with E-state index in [0.717, 1.165) is 51.0 Å². The van der Waals surface area contributed by atoms with Crippen LogP contribution in [0.15, 0.2) is 71.6 Å². The lowest BCUT2D eigenvalue weighted by Gasteiger charge is -2.24. The van der Waals surface area contributed by atoms with E-state index >= 15 is 0 Å². The molecule has 5 rings (SSSR count). The maximum Gasteiger partial charge on any atom is 0.136 e. The standard InChI is InChI=1S/C36H34N2O2S/c1-3-41-32-17-13-27(14-18-32)35-33(23-38)30(22-37)20-29-19-28(26-7-5-4-6-8-26)21-34(36(29)35)40-31-15-11-25(12-16-31)10-9-24(2)39/h11-21,26H,3-10H2,1-2H3. The first kappa shape index (κ1) is 28.5. The van der Waals surface area contributed by atoms with Crippen molar-refractivity contribution < 1.29 is 9.53 Å². The topological polar surface area (TPSA) is 73.9 Å². The van der Waals surface area contributed by atoms with Crippen molar-refractivity contribution in [1.82, 2.24) is 0 Å². The van der Waals surface area contributed by atoms with Crippen LogP contribution in [0.2, 0.25) is 0 Å². The van der Waals surface area contributed by atoms with Gasteiger partial charge in [0.2, 0.25) is 0 Å². The Hall–Kier alpha value is -4.06. The number of thioether (sulfide) groups is 1. The minimum atomic E-state index is 0.176. The normalized spacial score (nSPS) is 13.5. The number of ketones is 1. The minimum Gasteiger partial charge on any atom is -0.457 e. The van der Waals surface area contributed by atoms with Crippen molar-refractivity contribution in [3.63, 3.8) is 0 Å². The Morgan fingerprint density at radius 3 is 2.32 bits per heavy atom. The van der Waals surface area contributed by atoms with Crippen molar-refractivity contribution in [2.24, 2.45) is 0 Å².